The quantitative estimate of drug-likeness (QED) is 0.832. The first kappa shape index (κ1) is 11.4. The zero-order valence-electron chi connectivity index (χ0n) is 9.85. The molecule has 88 valence electrons. The average Bonchev–Trinajstić information content (AvgIpc) is 2.33. The summed E-state index contributed by atoms with van der Waals surface area (Å²) in [6, 6.07) is 4.03. The van der Waals surface area contributed by atoms with Crippen molar-refractivity contribution in [3.63, 3.8) is 0 Å². The van der Waals surface area contributed by atoms with Crippen LogP contribution in [0.3, 0.4) is 0 Å². The lowest BCUT2D eigenvalue weighted by Crippen LogP contribution is -2.27. The standard InChI is InChI=1S/C13H18FNO/c1-9-6-7-10(13(16-2)12(9)14)11-5-3-4-8-15-11/h6-7,11,15H,3-5,8H2,1-2H3. The summed E-state index contributed by atoms with van der Waals surface area (Å²) in [5.74, 6) is 0.173. The molecular weight excluding hydrogens is 205 g/mol. The Morgan fingerprint density at radius 2 is 2.19 bits per heavy atom. The molecule has 1 atom stereocenters. The van der Waals surface area contributed by atoms with Gasteiger partial charge in [-0.05, 0) is 31.9 Å². The van der Waals surface area contributed by atoms with Crippen molar-refractivity contribution in [3.05, 3.63) is 29.1 Å². The second kappa shape index (κ2) is 4.83. The summed E-state index contributed by atoms with van der Waals surface area (Å²) in [5, 5.41) is 3.41. The van der Waals surface area contributed by atoms with Gasteiger partial charge < -0.3 is 10.1 Å². The van der Waals surface area contributed by atoms with E-state index in [1.165, 1.54) is 20.0 Å². The Hall–Kier alpha value is -1.09. The monoisotopic (exact) mass is 223 g/mol. The molecular formula is C13H18FNO. The molecule has 1 heterocycles. The van der Waals surface area contributed by atoms with Gasteiger partial charge in [0.05, 0.1) is 7.11 Å². The highest BCUT2D eigenvalue weighted by Crippen LogP contribution is 2.33. The van der Waals surface area contributed by atoms with E-state index >= 15 is 0 Å². The minimum Gasteiger partial charge on any atom is -0.493 e. The molecule has 2 rings (SSSR count). The molecule has 0 spiro atoms. The van der Waals surface area contributed by atoms with Gasteiger partial charge >= 0.3 is 0 Å². The third kappa shape index (κ3) is 2.05. The maximum atomic E-state index is 13.9. The van der Waals surface area contributed by atoms with Gasteiger partial charge in [-0.1, -0.05) is 18.6 Å². The molecule has 0 bridgehead atoms. The van der Waals surface area contributed by atoms with Crippen molar-refractivity contribution < 1.29 is 9.13 Å². The molecule has 1 aliphatic heterocycles. The first-order valence-electron chi connectivity index (χ1n) is 5.80. The molecule has 16 heavy (non-hydrogen) atoms. The predicted molar refractivity (Wildman–Crippen MR) is 62.3 cm³/mol. The van der Waals surface area contributed by atoms with E-state index in [1.54, 1.807) is 6.92 Å². The highest BCUT2D eigenvalue weighted by atomic mass is 19.1. The molecule has 1 fully saturated rings. The van der Waals surface area contributed by atoms with Gasteiger partial charge in [-0.25, -0.2) is 4.39 Å². The fourth-order valence-electron chi connectivity index (χ4n) is 2.27. The van der Waals surface area contributed by atoms with Crippen LogP contribution in [0.5, 0.6) is 5.75 Å². The second-order valence-electron chi connectivity index (χ2n) is 4.32. The van der Waals surface area contributed by atoms with Crippen LogP contribution in [0, 0.1) is 12.7 Å². The summed E-state index contributed by atoms with van der Waals surface area (Å²) in [7, 11) is 1.53. The van der Waals surface area contributed by atoms with Crippen LogP contribution in [0.4, 0.5) is 4.39 Å². The van der Waals surface area contributed by atoms with E-state index in [2.05, 4.69) is 5.32 Å². The van der Waals surface area contributed by atoms with Crippen molar-refractivity contribution in [2.75, 3.05) is 13.7 Å². The average molecular weight is 223 g/mol. The highest BCUT2D eigenvalue weighted by Gasteiger charge is 2.21. The molecule has 1 aliphatic rings. The van der Waals surface area contributed by atoms with Crippen LogP contribution in [0.2, 0.25) is 0 Å². The smallest absolute Gasteiger partial charge is 0.168 e. The number of nitrogens with one attached hydrogen (secondary N) is 1. The van der Waals surface area contributed by atoms with Crippen LogP contribution < -0.4 is 10.1 Å². The number of piperidine rings is 1. The molecule has 0 amide bonds. The van der Waals surface area contributed by atoms with Crippen molar-refractivity contribution >= 4 is 0 Å². The van der Waals surface area contributed by atoms with Gasteiger partial charge in [-0.15, -0.1) is 0 Å². The Morgan fingerprint density at radius 3 is 2.81 bits per heavy atom. The lowest BCUT2D eigenvalue weighted by atomic mass is 9.95. The third-order valence-corrected chi connectivity index (χ3v) is 3.21. The Bertz CT molecular complexity index is 372. The van der Waals surface area contributed by atoms with E-state index in [9.17, 15) is 4.39 Å². The maximum absolute atomic E-state index is 13.9. The number of aryl methyl sites for hydroxylation is 1. The minimum atomic E-state index is -0.229. The van der Waals surface area contributed by atoms with E-state index in [4.69, 9.17) is 4.74 Å². The number of rotatable bonds is 2. The first-order valence-corrected chi connectivity index (χ1v) is 5.80. The van der Waals surface area contributed by atoms with Crippen LogP contribution in [0.15, 0.2) is 12.1 Å². The van der Waals surface area contributed by atoms with Crippen molar-refractivity contribution in [1.29, 1.82) is 0 Å². The lowest BCUT2D eigenvalue weighted by molar-refractivity contribution is 0.355. The zero-order chi connectivity index (χ0) is 11.5. The topological polar surface area (TPSA) is 21.3 Å². The van der Waals surface area contributed by atoms with Gasteiger partial charge in [0, 0.05) is 11.6 Å². The number of hydrogen-bond acceptors (Lipinski definition) is 2. The molecule has 3 heteroatoms. The molecule has 0 aromatic heterocycles. The van der Waals surface area contributed by atoms with Gasteiger partial charge in [0.15, 0.2) is 11.6 Å². The third-order valence-electron chi connectivity index (χ3n) is 3.21. The summed E-state index contributed by atoms with van der Waals surface area (Å²) in [4.78, 5) is 0. The van der Waals surface area contributed by atoms with E-state index in [-0.39, 0.29) is 11.9 Å². The van der Waals surface area contributed by atoms with Gasteiger partial charge in [0.25, 0.3) is 0 Å². The first-order chi connectivity index (χ1) is 7.74. The van der Waals surface area contributed by atoms with E-state index in [0.717, 1.165) is 18.5 Å². The van der Waals surface area contributed by atoms with E-state index < -0.39 is 0 Å². The number of benzene rings is 1. The largest absolute Gasteiger partial charge is 0.493 e. The highest BCUT2D eigenvalue weighted by molar-refractivity contribution is 5.41. The van der Waals surface area contributed by atoms with Crippen molar-refractivity contribution in [1.82, 2.24) is 5.32 Å². The van der Waals surface area contributed by atoms with Gasteiger partial charge in [-0.2, -0.15) is 0 Å². The minimum absolute atomic E-state index is 0.229. The molecule has 2 nitrogen and oxygen atoms in total. The summed E-state index contributed by atoms with van der Waals surface area (Å²) in [6.07, 6.45) is 3.45. The molecule has 1 N–H and O–H groups in total. The summed E-state index contributed by atoms with van der Waals surface area (Å²) >= 11 is 0. The number of ether oxygens (including phenoxy) is 1. The lowest BCUT2D eigenvalue weighted by Gasteiger charge is -2.25. The van der Waals surface area contributed by atoms with Crippen molar-refractivity contribution in [3.8, 4) is 5.75 Å². The number of methoxy groups -OCH3 is 1. The Labute approximate surface area is 95.8 Å². The van der Waals surface area contributed by atoms with Gasteiger partial charge in [-0.3, -0.25) is 0 Å². The summed E-state index contributed by atoms with van der Waals surface area (Å²) in [5.41, 5.74) is 1.58. The Balaban J connectivity index is 2.35. The fourth-order valence-corrected chi connectivity index (χ4v) is 2.27. The molecule has 1 unspecified atom stereocenters. The molecule has 0 saturated carbocycles. The van der Waals surface area contributed by atoms with Crippen LogP contribution in [-0.2, 0) is 0 Å². The predicted octanol–water partition coefficient (Wildman–Crippen LogP) is 2.96. The molecule has 1 saturated heterocycles. The molecule has 1 aromatic carbocycles. The molecule has 0 aliphatic carbocycles. The van der Waals surface area contributed by atoms with E-state index in [0.29, 0.717) is 11.3 Å². The Morgan fingerprint density at radius 1 is 1.38 bits per heavy atom. The number of hydrogen-bond donors (Lipinski definition) is 1. The van der Waals surface area contributed by atoms with Crippen LogP contribution >= 0.6 is 0 Å². The van der Waals surface area contributed by atoms with Crippen LogP contribution in [-0.4, -0.2) is 13.7 Å². The van der Waals surface area contributed by atoms with Crippen LogP contribution in [0.1, 0.15) is 36.4 Å². The summed E-state index contributed by atoms with van der Waals surface area (Å²) in [6.45, 7) is 2.76. The van der Waals surface area contributed by atoms with Crippen molar-refractivity contribution in [2.45, 2.75) is 32.2 Å². The fraction of sp³-hybridized carbons (Fsp3) is 0.538. The van der Waals surface area contributed by atoms with Crippen molar-refractivity contribution in [2.24, 2.45) is 0 Å². The van der Waals surface area contributed by atoms with E-state index in [1.807, 2.05) is 12.1 Å². The zero-order valence-corrected chi connectivity index (χ0v) is 9.85. The second-order valence-corrected chi connectivity index (χ2v) is 4.32. The van der Waals surface area contributed by atoms with Gasteiger partial charge in [0.2, 0.25) is 0 Å². The molecule has 0 radical (unpaired) electrons. The number of halogens is 1. The Kier molecular flexibility index (Phi) is 3.44. The van der Waals surface area contributed by atoms with Gasteiger partial charge in [0.1, 0.15) is 0 Å². The normalized spacial score (nSPS) is 20.8. The maximum Gasteiger partial charge on any atom is 0.168 e. The van der Waals surface area contributed by atoms with Crippen LogP contribution in [0.25, 0.3) is 0 Å². The SMILES string of the molecule is COc1c(C2CCCCN2)ccc(C)c1F. The molecule has 1 aromatic rings. The summed E-state index contributed by atoms with van der Waals surface area (Å²) < 4.78 is 19.1.